The molecule has 1 atom stereocenters. The lowest BCUT2D eigenvalue weighted by Crippen LogP contribution is -2.17. The van der Waals surface area contributed by atoms with Crippen LogP contribution in [0.15, 0.2) is 16.6 Å². The van der Waals surface area contributed by atoms with Crippen LogP contribution in [-0.4, -0.2) is 33.0 Å². The molecule has 2 N–H and O–H groups in total. The van der Waals surface area contributed by atoms with Crippen LogP contribution >= 0.6 is 15.9 Å². The average Bonchev–Trinajstić information content (AvgIpc) is 2.43. The first-order valence-corrected chi connectivity index (χ1v) is 8.20. The summed E-state index contributed by atoms with van der Waals surface area (Å²) in [4.78, 5) is 0. The van der Waals surface area contributed by atoms with E-state index in [0.29, 0.717) is 24.7 Å². The molecule has 4 nitrogen and oxygen atoms in total. The van der Waals surface area contributed by atoms with Gasteiger partial charge in [0, 0.05) is 12.6 Å². The SMILES string of the molecule is CCCCOCCOc1c(Br)cc(CC(C)N)cc1OC. The highest BCUT2D eigenvalue weighted by Crippen LogP contribution is 2.36. The van der Waals surface area contributed by atoms with Crippen molar-refractivity contribution in [3.8, 4) is 11.5 Å². The van der Waals surface area contributed by atoms with Crippen LogP contribution in [0.1, 0.15) is 32.3 Å². The molecular formula is C16H26BrNO3. The summed E-state index contributed by atoms with van der Waals surface area (Å²) >= 11 is 3.54. The number of ether oxygens (including phenoxy) is 3. The summed E-state index contributed by atoms with van der Waals surface area (Å²) in [6.45, 7) is 6.00. The predicted octanol–water partition coefficient (Wildman–Crippen LogP) is 3.54. The monoisotopic (exact) mass is 359 g/mol. The number of hydrogen-bond acceptors (Lipinski definition) is 4. The Morgan fingerprint density at radius 1 is 1.24 bits per heavy atom. The molecule has 0 fully saturated rings. The van der Waals surface area contributed by atoms with E-state index in [4.69, 9.17) is 19.9 Å². The molecular weight excluding hydrogens is 334 g/mol. The van der Waals surface area contributed by atoms with Crippen molar-refractivity contribution in [2.75, 3.05) is 26.9 Å². The number of methoxy groups -OCH3 is 1. The van der Waals surface area contributed by atoms with Gasteiger partial charge in [-0.1, -0.05) is 13.3 Å². The smallest absolute Gasteiger partial charge is 0.175 e. The molecule has 0 amide bonds. The summed E-state index contributed by atoms with van der Waals surface area (Å²) in [6.07, 6.45) is 3.02. The molecule has 21 heavy (non-hydrogen) atoms. The van der Waals surface area contributed by atoms with Crippen LogP contribution in [0.5, 0.6) is 11.5 Å². The molecule has 120 valence electrons. The van der Waals surface area contributed by atoms with Crippen molar-refractivity contribution in [3.63, 3.8) is 0 Å². The van der Waals surface area contributed by atoms with Crippen molar-refractivity contribution in [1.82, 2.24) is 0 Å². The molecule has 1 aromatic carbocycles. The third kappa shape index (κ3) is 6.68. The maximum Gasteiger partial charge on any atom is 0.175 e. The van der Waals surface area contributed by atoms with Crippen molar-refractivity contribution in [1.29, 1.82) is 0 Å². The van der Waals surface area contributed by atoms with Crippen molar-refractivity contribution in [2.45, 2.75) is 39.2 Å². The molecule has 0 radical (unpaired) electrons. The summed E-state index contributed by atoms with van der Waals surface area (Å²) in [6, 6.07) is 4.11. The fourth-order valence-corrected chi connectivity index (χ4v) is 2.56. The number of nitrogens with two attached hydrogens (primary N) is 1. The molecule has 0 heterocycles. The molecule has 0 aromatic heterocycles. The summed E-state index contributed by atoms with van der Waals surface area (Å²) in [5.74, 6) is 1.43. The molecule has 1 aromatic rings. The maximum absolute atomic E-state index is 5.84. The number of halogens is 1. The first-order valence-electron chi connectivity index (χ1n) is 7.41. The Morgan fingerprint density at radius 2 is 2.00 bits per heavy atom. The van der Waals surface area contributed by atoms with Crippen LogP contribution in [0.4, 0.5) is 0 Å². The van der Waals surface area contributed by atoms with Crippen LogP contribution in [0.25, 0.3) is 0 Å². The fourth-order valence-electron chi connectivity index (χ4n) is 1.95. The summed E-state index contributed by atoms with van der Waals surface area (Å²) in [5.41, 5.74) is 6.96. The van der Waals surface area contributed by atoms with E-state index in [0.717, 1.165) is 35.9 Å². The largest absolute Gasteiger partial charge is 0.493 e. The van der Waals surface area contributed by atoms with E-state index in [1.807, 2.05) is 19.1 Å². The Kier molecular flexibility index (Phi) is 8.73. The van der Waals surface area contributed by atoms with E-state index in [9.17, 15) is 0 Å². The molecule has 0 saturated heterocycles. The lowest BCUT2D eigenvalue weighted by molar-refractivity contribution is 0.0967. The molecule has 1 unspecified atom stereocenters. The Labute approximate surface area is 136 Å². The fraction of sp³-hybridized carbons (Fsp3) is 0.625. The van der Waals surface area contributed by atoms with Gasteiger partial charge >= 0.3 is 0 Å². The van der Waals surface area contributed by atoms with E-state index >= 15 is 0 Å². The van der Waals surface area contributed by atoms with Gasteiger partial charge in [0.1, 0.15) is 6.61 Å². The molecule has 0 saturated carbocycles. The minimum Gasteiger partial charge on any atom is -0.493 e. The number of rotatable bonds is 10. The predicted molar refractivity (Wildman–Crippen MR) is 89.3 cm³/mol. The van der Waals surface area contributed by atoms with Gasteiger partial charge in [-0.15, -0.1) is 0 Å². The second-order valence-electron chi connectivity index (χ2n) is 5.10. The Bertz CT molecular complexity index is 424. The van der Waals surface area contributed by atoms with Crippen LogP contribution in [0, 0.1) is 0 Å². The molecule has 0 aliphatic rings. The normalized spacial score (nSPS) is 12.2. The van der Waals surface area contributed by atoms with Gasteiger partial charge in [-0.05, 0) is 53.4 Å². The van der Waals surface area contributed by atoms with Gasteiger partial charge in [0.2, 0.25) is 0 Å². The van der Waals surface area contributed by atoms with E-state index < -0.39 is 0 Å². The second-order valence-corrected chi connectivity index (χ2v) is 5.96. The van der Waals surface area contributed by atoms with E-state index in [1.165, 1.54) is 0 Å². The van der Waals surface area contributed by atoms with Gasteiger partial charge in [-0.2, -0.15) is 0 Å². The van der Waals surface area contributed by atoms with E-state index in [-0.39, 0.29) is 6.04 Å². The van der Waals surface area contributed by atoms with Crippen molar-refractivity contribution in [3.05, 3.63) is 22.2 Å². The quantitative estimate of drug-likeness (QED) is 0.649. The summed E-state index contributed by atoms with van der Waals surface area (Å²) < 4.78 is 17.5. The van der Waals surface area contributed by atoms with Gasteiger partial charge in [-0.25, -0.2) is 0 Å². The minimum atomic E-state index is 0.111. The molecule has 5 heteroatoms. The number of hydrogen-bond donors (Lipinski definition) is 1. The lowest BCUT2D eigenvalue weighted by atomic mass is 10.1. The first kappa shape index (κ1) is 18.3. The molecule has 0 spiro atoms. The van der Waals surface area contributed by atoms with Crippen molar-refractivity contribution in [2.24, 2.45) is 5.73 Å². The second kappa shape index (κ2) is 10.0. The summed E-state index contributed by atoms with van der Waals surface area (Å²) in [7, 11) is 1.64. The summed E-state index contributed by atoms with van der Waals surface area (Å²) in [5, 5.41) is 0. The zero-order valence-electron chi connectivity index (χ0n) is 13.2. The lowest BCUT2D eigenvalue weighted by Gasteiger charge is -2.15. The molecule has 0 bridgehead atoms. The Hall–Kier alpha value is -0.780. The highest BCUT2D eigenvalue weighted by atomic mass is 79.9. The maximum atomic E-state index is 5.84. The average molecular weight is 360 g/mol. The Balaban J connectivity index is 2.60. The zero-order valence-corrected chi connectivity index (χ0v) is 14.7. The third-order valence-electron chi connectivity index (χ3n) is 2.96. The van der Waals surface area contributed by atoms with Gasteiger partial charge in [0.25, 0.3) is 0 Å². The minimum absolute atomic E-state index is 0.111. The van der Waals surface area contributed by atoms with Gasteiger partial charge in [0.15, 0.2) is 11.5 Å². The Morgan fingerprint density at radius 3 is 2.62 bits per heavy atom. The number of unbranched alkanes of at least 4 members (excludes halogenated alkanes) is 1. The first-order chi connectivity index (χ1) is 10.1. The van der Waals surface area contributed by atoms with Crippen LogP contribution in [0.2, 0.25) is 0 Å². The van der Waals surface area contributed by atoms with Crippen LogP contribution in [0.3, 0.4) is 0 Å². The van der Waals surface area contributed by atoms with Crippen molar-refractivity contribution < 1.29 is 14.2 Å². The van der Waals surface area contributed by atoms with Crippen LogP contribution < -0.4 is 15.2 Å². The van der Waals surface area contributed by atoms with Crippen molar-refractivity contribution >= 4 is 15.9 Å². The molecule has 0 aliphatic carbocycles. The topological polar surface area (TPSA) is 53.7 Å². The van der Waals surface area contributed by atoms with Gasteiger partial charge in [-0.3, -0.25) is 0 Å². The molecule has 0 aliphatic heterocycles. The van der Waals surface area contributed by atoms with Gasteiger partial charge in [0.05, 0.1) is 18.2 Å². The standard InChI is InChI=1S/C16H26BrNO3/c1-4-5-6-20-7-8-21-16-14(17)10-13(9-12(2)18)11-15(16)19-3/h10-12H,4-9,18H2,1-3H3. The van der Waals surface area contributed by atoms with Gasteiger partial charge < -0.3 is 19.9 Å². The third-order valence-corrected chi connectivity index (χ3v) is 3.55. The zero-order chi connectivity index (χ0) is 15.7. The highest BCUT2D eigenvalue weighted by molar-refractivity contribution is 9.10. The number of benzene rings is 1. The van der Waals surface area contributed by atoms with E-state index in [2.05, 4.69) is 22.9 Å². The molecule has 1 rings (SSSR count). The van der Waals surface area contributed by atoms with Crippen LogP contribution in [-0.2, 0) is 11.2 Å². The highest BCUT2D eigenvalue weighted by Gasteiger charge is 2.12. The van der Waals surface area contributed by atoms with E-state index in [1.54, 1.807) is 7.11 Å².